The highest BCUT2D eigenvalue weighted by Gasteiger charge is 2.08. The van der Waals surface area contributed by atoms with Gasteiger partial charge >= 0.3 is 0 Å². The van der Waals surface area contributed by atoms with E-state index in [4.69, 9.17) is 5.73 Å². The topological polar surface area (TPSA) is 51.8 Å². The van der Waals surface area contributed by atoms with Crippen LogP contribution in [0.3, 0.4) is 0 Å². The number of hydrogen-bond donors (Lipinski definition) is 1. The summed E-state index contributed by atoms with van der Waals surface area (Å²) >= 11 is 1.62. The molecular weight excluding hydrogens is 278 g/mol. The maximum Gasteiger partial charge on any atom is 0.134 e. The van der Waals surface area contributed by atoms with Crippen molar-refractivity contribution in [3.63, 3.8) is 0 Å². The van der Waals surface area contributed by atoms with Crippen LogP contribution in [0.15, 0.2) is 58.5 Å². The third-order valence-electron chi connectivity index (χ3n) is 3.20. The van der Waals surface area contributed by atoms with Crippen LogP contribution in [0.1, 0.15) is 25.6 Å². The minimum Gasteiger partial charge on any atom is -0.384 e. The average Bonchev–Trinajstić information content (AvgIpc) is 2.46. The van der Waals surface area contributed by atoms with Gasteiger partial charge in [-0.15, -0.1) is 0 Å². The molecule has 2 N–H and O–H groups in total. The van der Waals surface area contributed by atoms with Crippen LogP contribution in [-0.2, 0) is 0 Å². The molecule has 3 rings (SSSR count). The Balaban J connectivity index is 1.94. The van der Waals surface area contributed by atoms with Crippen LogP contribution in [0.2, 0.25) is 0 Å². The molecule has 0 fully saturated rings. The molecule has 0 aliphatic carbocycles. The smallest absolute Gasteiger partial charge is 0.134 e. The summed E-state index contributed by atoms with van der Waals surface area (Å²) in [5.74, 6) is 1.58. The summed E-state index contributed by atoms with van der Waals surface area (Å²) in [6, 6.07) is 16.6. The lowest BCUT2D eigenvalue weighted by Gasteiger charge is -2.08. The van der Waals surface area contributed by atoms with Crippen LogP contribution < -0.4 is 5.73 Å². The molecule has 0 aliphatic rings. The van der Waals surface area contributed by atoms with Gasteiger partial charge in [-0.1, -0.05) is 55.9 Å². The number of nitrogen functional groups attached to an aromatic ring is 1. The van der Waals surface area contributed by atoms with Gasteiger partial charge in [0.25, 0.3) is 0 Å². The van der Waals surface area contributed by atoms with Gasteiger partial charge in [0.2, 0.25) is 0 Å². The predicted molar refractivity (Wildman–Crippen MR) is 88.6 cm³/mol. The molecule has 3 nitrogen and oxygen atoms in total. The zero-order valence-electron chi connectivity index (χ0n) is 12.1. The molecule has 0 saturated carbocycles. The van der Waals surface area contributed by atoms with E-state index in [2.05, 4.69) is 66.3 Å². The van der Waals surface area contributed by atoms with Crippen LogP contribution in [0.25, 0.3) is 10.8 Å². The Morgan fingerprint density at radius 2 is 1.71 bits per heavy atom. The molecule has 0 bridgehead atoms. The van der Waals surface area contributed by atoms with Gasteiger partial charge in [0, 0.05) is 16.9 Å². The molecule has 1 aromatic heterocycles. The average molecular weight is 295 g/mol. The highest BCUT2D eigenvalue weighted by molar-refractivity contribution is 7.99. The van der Waals surface area contributed by atoms with Crippen molar-refractivity contribution in [2.45, 2.75) is 29.7 Å². The fraction of sp³-hybridized carbons (Fsp3) is 0.176. The lowest BCUT2D eigenvalue weighted by Crippen LogP contribution is -2.02. The quantitative estimate of drug-likeness (QED) is 0.723. The first-order valence-corrected chi connectivity index (χ1v) is 7.74. The van der Waals surface area contributed by atoms with E-state index in [9.17, 15) is 0 Å². The fourth-order valence-electron chi connectivity index (χ4n) is 2.12. The summed E-state index contributed by atoms with van der Waals surface area (Å²) in [5, 5.41) is 3.36. The summed E-state index contributed by atoms with van der Waals surface area (Å²) < 4.78 is 0. The van der Waals surface area contributed by atoms with E-state index in [1.165, 1.54) is 10.8 Å². The molecule has 0 amide bonds. The van der Waals surface area contributed by atoms with Crippen molar-refractivity contribution in [1.29, 1.82) is 0 Å². The van der Waals surface area contributed by atoms with Crippen LogP contribution >= 0.6 is 11.8 Å². The minimum absolute atomic E-state index is 0.268. The van der Waals surface area contributed by atoms with Crippen LogP contribution in [0.4, 0.5) is 5.82 Å². The fourth-order valence-corrected chi connectivity index (χ4v) is 3.01. The minimum atomic E-state index is 0.268. The van der Waals surface area contributed by atoms with Gasteiger partial charge in [-0.2, -0.15) is 0 Å². The molecule has 0 atom stereocenters. The molecule has 0 radical (unpaired) electrons. The SMILES string of the molecule is CC(C)c1nc(N)cc(Sc2ccc3ccccc3c2)n1. The van der Waals surface area contributed by atoms with Crippen LogP contribution in [0.5, 0.6) is 0 Å². The second-order valence-corrected chi connectivity index (χ2v) is 6.35. The molecule has 2 aromatic carbocycles. The van der Waals surface area contributed by atoms with Gasteiger partial charge in [-0.05, 0) is 22.9 Å². The van der Waals surface area contributed by atoms with Crippen molar-refractivity contribution in [2.75, 3.05) is 5.73 Å². The molecule has 1 heterocycles. The van der Waals surface area contributed by atoms with Crippen molar-refractivity contribution >= 4 is 28.4 Å². The van der Waals surface area contributed by atoms with Crippen molar-refractivity contribution in [3.8, 4) is 0 Å². The van der Waals surface area contributed by atoms with Crippen molar-refractivity contribution in [1.82, 2.24) is 9.97 Å². The van der Waals surface area contributed by atoms with E-state index in [0.717, 1.165) is 15.7 Å². The molecule has 0 spiro atoms. The summed E-state index contributed by atoms with van der Waals surface area (Å²) in [6.45, 7) is 4.14. The highest BCUT2D eigenvalue weighted by Crippen LogP contribution is 2.30. The Hall–Kier alpha value is -2.07. The Bertz CT molecular complexity index is 784. The third kappa shape index (κ3) is 3.16. The zero-order valence-corrected chi connectivity index (χ0v) is 12.9. The number of fused-ring (bicyclic) bond motifs is 1. The summed E-state index contributed by atoms with van der Waals surface area (Å²) in [6.07, 6.45) is 0. The second kappa shape index (κ2) is 5.74. The normalized spacial score (nSPS) is 11.2. The molecular formula is C17H17N3S. The molecule has 0 aliphatic heterocycles. The molecule has 0 unspecified atom stereocenters. The standard InChI is InChI=1S/C17H17N3S/c1-11(2)17-19-15(18)10-16(20-17)21-14-8-7-12-5-3-4-6-13(12)9-14/h3-11H,1-2H3,(H2,18,19,20). The number of nitrogens with two attached hydrogens (primary N) is 1. The summed E-state index contributed by atoms with van der Waals surface area (Å²) in [7, 11) is 0. The Labute approximate surface area is 128 Å². The van der Waals surface area contributed by atoms with E-state index < -0.39 is 0 Å². The van der Waals surface area contributed by atoms with Crippen molar-refractivity contribution in [3.05, 3.63) is 54.4 Å². The number of hydrogen-bond acceptors (Lipinski definition) is 4. The Morgan fingerprint density at radius 3 is 2.48 bits per heavy atom. The summed E-state index contributed by atoms with van der Waals surface area (Å²) in [4.78, 5) is 10.0. The molecule has 4 heteroatoms. The number of rotatable bonds is 3. The number of nitrogens with zero attached hydrogens (tertiary/aromatic N) is 2. The number of benzene rings is 2. The number of anilines is 1. The summed E-state index contributed by atoms with van der Waals surface area (Å²) in [5.41, 5.74) is 5.88. The van der Waals surface area contributed by atoms with E-state index in [1.54, 1.807) is 11.8 Å². The van der Waals surface area contributed by atoms with Crippen LogP contribution in [0, 0.1) is 0 Å². The van der Waals surface area contributed by atoms with Crippen molar-refractivity contribution < 1.29 is 0 Å². The van der Waals surface area contributed by atoms with Gasteiger partial charge < -0.3 is 5.73 Å². The van der Waals surface area contributed by atoms with E-state index in [1.807, 2.05) is 6.07 Å². The zero-order chi connectivity index (χ0) is 14.8. The Morgan fingerprint density at radius 1 is 0.952 bits per heavy atom. The first kappa shape index (κ1) is 13.9. The van der Waals surface area contributed by atoms with Gasteiger partial charge in [-0.3, -0.25) is 0 Å². The molecule has 3 aromatic rings. The lowest BCUT2D eigenvalue weighted by atomic mass is 10.1. The first-order chi connectivity index (χ1) is 10.1. The monoisotopic (exact) mass is 295 g/mol. The largest absolute Gasteiger partial charge is 0.384 e. The van der Waals surface area contributed by atoms with Crippen molar-refractivity contribution in [2.24, 2.45) is 0 Å². The van der Waals surface area contributed by atoms with E-state index in [0.29, 0.717) is 5.82 Å². The van der Waals surface area contributed by atoms with Gasteiger partial charge in [0.1, 0.15) is 16.7 Å². The second-order valence-electron chi connectivity index (χ2n) is 5.25. The van der Waals surface area contributed by atoms with Gasteiger partial charge in [-0.25, -0.2) is 9.97 Å². The lowest BCUT2D eigenvalue weighted by molar-refractivity contribution is 0.756. The first-order valence-electron chi connectivity index (χ1n) is 6.93. The molecule has 106 valence electrons. The molecule has 21 heavy (non-hydrogen) atoms. The van der Waals surface area contributed by atoms with Crippen LogP contribution in [-0.4, -0.2) is 9.97 Å². The predicted octanol–water partition coefficient (Wildman–Crippen LogP) is 4.49. The van der Waals surface area contributed by atoms with E-state index in [-0.39, 0.29) is 5.92 Å². The maximum absolute atomic E-state index is 5.88. The Kier molecular flexibility index (Phi) is 3.80. The van der Waals surface area contributed by atoms with Gasteiger partial charge in [0.15, 0.2) is 0 Å². The highest BCUT2D eigenvalue weighted by atomic mass is 32.2. The third-order valence-corrected chi connectivity index (χ3v) is 4.11. The molecule has 0 saturated heterocycles. The van der Waals surface area contributed by atoms with E-state index >= 15 is 0 Å². The maximum atomic E-state index is 5.88. The van der Waals surface area contributed by atoms with Gasteiger partial charge in [0.05, 0.1) is 0 Å². The number of aromatic nitrogens is 2.